The fourth-order valence-corrected chi connectivity index (χ4v) is 2.16. The molecule has 0 saturated heterocycles. The largest absolute Gasteiger partial charge is 0.405 e. The second-order valence-corrected chi connectivity index (χ2v) is 5.17. The van der Waals surface area contributed by atoms with Crippen molar-refractivity contribution in [3.8, 4) is 0 Å². The van der Waals surface area contributed by atoms with E-state index in [1.807, 2.05) is 19.9 Å². The van der Waals surface area contributed by atoms with Gasteiger partial charge in [-0.1, -0.05) is 13.0 Å². The lowest BCUT2D eigenvalue weighted by Gasteiger charge is -2.25. The van der Waals surface area contributed by atoms with Crippen LogP contribution in [0.15, 0.2) is 12.1 Å². The lowest BCUT2D eigenvalue weighted by atomic mass is 10.2. The fourth-order valence-electron chi connectivity index (χ4n) is 2.16. The molecule has 0 aromatic carbocycles. The van der Waals surface area contributed by atoms with Crippen molar-refractivity contribution in [1.29, 1.82) is 0 Å². The third kappa shape index (κ3) is 4.10. The predicted molar refractivity (Wildman–Crippen MR) is 72.8 cm³/mol. The van der Waals surface area contributed by atoms with Gasteiger partial charge >= 0.3 is 6.18 Å². The van der Waals surface area contributed by atoms with Crippen LogP contribution < -0.4 is 10.2 Å². The molecule has 0 atom stereocenters. The number of nitrogens with zero attached hydrogens (tertiary/aromatic N) is 2. The number of pyridine rings is 1. The first-order valence-corrected chi connectivity index (χ1v) is 6.91. The van der Waals surface area contributed by atoms with Crippen molar-refractivity contribution in [2.24, 2.45) is 0 Å². The molecule has 0 amide bonds. The van der Waals surface area contributed by atoms with Crippen molar-refractivity contribution in [3.05, 3.63) is 23.4 Å². The quantitative estimate of drug-likeness (QED) is 0.871. The molecule has 112 valence electrons. The van der Waals surface area contributed by atoms with E-state index in [1.54, 1.807) is 6.07 Å². The summed E-state index contributed by atoms with van der Waals surface area (Å²) in [5, 5.41) is 3.19. The number of halogens is 3. The van der Waals surface area contributed by atoms with Gasteiger partial charge in [-0.05, 0) is 37.9 Å². The molecular weight excluding hydrogens is 267 g/mol. The van der Waals surface area contributed by atoms with Gasteiger partial charge in [0.15, 0.2) is 0 Å². The minimum absolute atomic E-state index is 0.0110. The van der Waals surface area contributed by atoms with Gasteiger partial charge in [-0.15, -0.1) is 0 Å². The van der Waals surface area contributed by atoms with Crippen LogP contribution in [0.2, 0.25) is 0 Å². The Morgan fingerprint density at radius 1 is 1.35 bits per heavy atom. The molecule has 1 aromatic rings. The predicted octanol–water partition coefficient (Wildman–Crippen LogP) is 3.03. The Bertz CT molecular complexity index is 455. The SMILES string of the molecule is CCNCc1ccc(N(CC(F)(F)F)C2CC2)nc1C. The van der Waals surface area contributed by atoms with Gasteiger partial charge in [-0.2, -0.15) is 13.2 Å². The first-order chi connectivity index (χ1) is 9.40. The van der Waals surface area contributed by atoms with Crippen molar-refractivity contribution < 1.29 is 13.2 Å². The van der Waals surface area contributed by atoms with Crippen molar-refractivity contribution in [2.45, 2.75) is 45.5 Å². The molecule has 1 aromatic heterocycles. The summed E-state index contributed by atoms with van der Waals surface area (Å²) in [4.78, 5) is 5.74. The Labute approximate surface area is 117 Å². The molecule has 1 fully saturated rings. The maximum atomic E-state index is 12.6. The molecule has 1 aliphatic rings. The van der Waals surface area contributed by atoms with E-state index in [4.69, 9.17) is 0 Å². The number of alkyl halides is 3. The third-order valence-electron chi connectivity index (χ3n) is 3.38. The average Bonchev–Trinajstić information content (AvgIpc) is 3.17. The number of nitrogens with one attached hydrogen (secondary N) is 1. The van der Waals surface area contributed by atoms with E-state index in [0.717, 1.165) is 30.6 Å². The van der Waals surface area contributed by atoms with E-state index in [2.05, 4.69) is 10.3 Å². The molecule has 0 unspecified atom stereocenters. The van der Waals surface area contributed by atoms with Crippen LogP contribution >= 0.6 is 0 Å². The molecule has 6 heteroatoms. The highest BCUT2D eigenvalue weighted by Gasteiger charge is 2.38. The third-order valence-corrected chi connectivity index (χ3v) is 3.38. The van der Waals surface area contributed by atoms with Gasteiger partial charge in [-0.25, -0.2) is 4.98 Å². The van der Waals surface area contributed by atoms with Crippen LogP contribution in [0.5, 0.6) is 0 Å². The van der Waals surface area contributed by atoms with E-state index in [1.165, 1.54) is 4.90 Å². The minimum atomic E-state index is -4.19. The van der Waals surface area contributed by atoms with Gasteiger partial charge in [0.05, 0.1) is 0 Å². The van der Waals surface area contributed by atoms with E-state index in [-0.39, 0.29) is 6.04 Å². The Hall–Kier alpha value is -1.30. The van der Waals surface area contributed by atoms with Gasteiger partial charge < -0.3 is 10.2 Å². The smallest absolute Gasteiger partial charge is 0.345 e. The normalized spacial score (nSPS) is 15.4. The Kier molecular flexibility index (Phi) is 4.52. The van der Waals surface area contributed by atoms with Gasteiger partial charge in [0, 0.05) is 18.3 Å². The highest BCUT2D eigenvalue weighted by Crippen LogP contribution is 2.33. The van der Waals surface area contributed by atoms with E-state index < -0.39 is 12.7 Å². The maximum Gasteiger partial charge on any atom is 0.405 e. The van der Waals surface area contributed by atoms with E-state index in [9.17, 15) is 13.2 Å². The van der Waals surface area contributed by atoms with Gasteiger partial charge in [-0.3, -0.25) is 0 Å². The first kappa shape index (κ1) is 15.1. The monoisotopic (exact) mass is 287 g/mol. The summed E-state index contributed by atoms with van der Waals surface area (Å²) >= 11 is 0. The highest BCUT2D eigenvalue weighted by atomic mass is 19.4. The number of hydrogen-bond acceptors (Lipinski definition) is 3. The molecule has 3 nitrogen and oxygen atoms in total. The van der Waals surface area contributed by atoms with E-state index >= 15 is 0 Å². The number of hydrogen-bond donors (Lipinski definition) is 1. The summed E-state index contributed by atoms with van der Waals surface area (Å²) in [5.41, 5.74) is 1.81. The number of aromatic nitrogens is 1. The van der Waals surface area contributed by atoms with Crippen molar-refractivity contribution in [1.82, 2.24) is 10.3 Å². The number of aryl methyl sites for hydroxylation is 1. The zero-order valence-corrected chi connectivity index (χ0v) is 11.8. The molecule has 0 bridgehead atoms. The second-order valence-electron chi connectivity index (χ2n) is 5.17. The topological polar surface area (TPSA) is 28.2 Å². The zero-order chi connectivity index (χ0) is 14.8. The molecule has 2 rings (SSSR count). The summed E-state index contributed by atoms with van der Waals surface area (Å²) in [5.74, 6) is 0.433. The molecule has 1 aliphatic carbocycles. The van der Waals surface area contributed by atoms with Gasteiger partial charge in [0.25, 0.3) is 0 Å². The molecular formula is C14H20F3N3. The molecule has 0 aliphatic heterocycles. The summed E-state index contributed by atoms with van der Waals surface area (Å²) in [6, 6.07) is 3.55. The fraction of sp³-hybridized carbons (Fsp3) is 0.643. The Balaban J connectivity index is 2.15. The lowest BCUT2D eigenvalue weighted by molar-refractivity contribution is -0.120. The standard InChI is InChI=1S/C14H20F3N3/c1-3-18-8-11-4-7-13(19-10(11)2)20(12-5-6-12)9-14(15,16)17/h4,7,12,18H,3,5-6,8-9H2,1-2H3. The average molecular weight is 287 g/mol. The Morgan fingerprint density at radius 2 is 2.05 bits per heavy atom. The van der Waals surface area contributed by atoms with Gasteiger partial charge in [0.2, 0.25) is 0 Å². The first-order valence-electron chi connectivity index (χ1n) is 6.91. The molecule has 0 spiro atoms. The summed E-state index contributed by atoms with van der Waals surface area (Å²) in [7, 11) is 0. The summed E-state index contributed by atoms with van der Waals surface area (Å²) in [6.07, 6.45) is -2.56. The van der Waals surface area contributed by atoms with Crippen LogP contribution in [0, 0.1) is 6.92 Å². The van der Waals surface area contributed by atoms with Crippen LogP contribution in [0.3, 0.4) is 0 Å². The summed E-state index contributed by atoms with van der Waals surface area (Å²) < 4.78 is 37.9. The van der Waals surface area contributed by atoms with Crippen molar-refractivity contribution >= 4 is 5.82 Å². The molecule has 1 N–H and O–H groups in total. The Morgan fingerprint density at radius 3 is 2.55 bits per heavy atom. The summed E-state index contributed by atoms with van der Waals surface area (Å²) in [6.45, 7) is 4.47. The minimum Gasteiger partial charge on any atom is -0.345 e. The van der Waals surface area contributed by atoms with Crippen LogP contribution in [-0.4, -0.2) is 30.3 Å². The maximum absolute atomic E-state index is 12.6. The molecule has 20 heavy (non-hydrogen) atoms. The lowest BCUT2D eigenvalue weighted by Crippen LogP contribution is -2.36. The number of rotatable bonds is 6. The molecule has 1 heterocycles. The van der Waals surface area contributed by atoms with Crippen LogP contribution in [0.4, 0.5) is 19.0 Å². The molecule has 1 saturated carbocycles. The van der Waals surface area contributed by atoms with Crippen molar-refractivity contribution in [2.75, 3.05) is 18.0 Å². The second kappa shape index (κ2) is 5.99. The highest BCUT2D eigenvalue weighted by molar-refractivity contribution is 5.44. The van der Waals surface area contributed by atoms with E-state index in [0.29, 0.717) is 12.4 Å². The van der Waals surface area contributed by atoms with Crippen LogP contribution in [0.25, 0.3) is 0 Å². The number of anilines is 1. The van der Waals surface area contributed by atoms with Gasteiger partial charge in [0.1, 0.15) is 12.4 Å². The molecule has 0 radical (unpaired) electrons. The van der Waals surface area contributed by atoms with Crippen molar-refractivity contribution in [3.63, 3.8) is 0 Å². The van der Waals surface area contributed by atoms with Crippen LogP contribution in [-0.2, 0) is 6.54 Å². The van der Waals surface area contributed by atoms with Crippen LogP contribution in [0.1, 0.15) is 31.0 Å². The zero-order valence-electron chi connectivity index (χ0n) is 11.8.